The van der Waals surface area contributed by atoms with Crippen LogP contribution in [-0.4, -0.2) is 30.7 Å². The van der Waals surface area contributed by atoms with Gasteiger partial charge in [-0.3, -0.25) is 0 Å². The molecule has 0 fully saturated rings. The van der Waals surface area contributed by atoms with Gasteiger partial charge in [0.05, 0.1) is 26.4 Å². The Morgan fingerprint density at radius 3 is 1.10 bits per heavy atom. The lowest BCUT2D eigenvalue weighted by atomic mass is 10.0. The third-order valence-corrected chi connectivity index (χ3v) is 6.48. The second kappa shape index (κ2) is 16.3. The van der Waals surface area contributed by atoms with E-state index in [-0.39, 0.29) is 13.2 Å². The van der Waals surface area contributed by atoms with Crippen molar-refractivity contribution in [3.63, 3.8) is 0 Å². The van der Waals surface area contributed by atoms with E-state index >= 15 is 0 Å². The van der Waals surface area contributed by atoms with Crippen molar-refractivity contribution in [2.45, 2.75) is 50.8 Å². The van der Waals surface area contributed by atoms with Gasteiger partial charge in [0.1, 0.15) is 24.4 Å². The van der Waals surface area contributed by atoms with Gasteiger partial charge in [0, 0.05) is 0 Å². The molecule has 5 heteroatoms. The summed E-state index contributed by atoms with van der Waals surface area (Å²) in [6.45, 7) is 5.23. The van der Waals surface area contributed by atoms with Crippen LogP contribution < -0.4 is 0 Å². The zero-order chi connectivity index (χ0) is 27.8. The Kier molecular flexibility index (Phi) is 11.9. The van der Waals surface area contributed by atoms with Crippen LogP contribution >= 0.6 is 0 Å². The van der Waals surface area contributed by atoms with Crippen LogP contribution in [0.1, 0.15) is 22.3 Å². The molecule has 0 bridgehead atoms. The molecule has 0 radical (unpaired) electrons. The summed E-state index contributed by atoms with van der Waals surface area (Å²) in [7, 11) is 0. The van der Waals surface area contributed by atoms with E-state index in [1.807, 2.05) is 121 Å². The molecule has 4 atom stereocenters. The fourth-order valence-corrected chi connectivity index (χ4v) is 4.33. The first kappa shape index (κ1) is 29.1. The van der Waals surface area contributed by atoms with Crippen LogP contribution in [0.15, 0.2) is 134 Å². The first-order valence-electron chi connectivity index (χ1n) is 13.5. The standard InChI is InChI=1S/C35H36O5/c1-2-32(37-24-28-15-7-3-8-16-28)34(39-26-30-19-11-5-12-20-30)35(40-27-31-21-13-6-14-22-31)33(23-36)38-25-29-17-9-4-10-18-29/h2-23,32-35H,1,24-27H2/t32-,33+,34+,35+/m1/s1. The normalized spacial score (nSPS) is 14.1. The number of benzene rings is 4. The highest BCUT2D eigenvalue weighted by molar-refractivity contribution is 5.57. The highest BCUT2D eigenvalue weighted by atomic mass is 16.6. The van der Waals surface area contributed by atoms with Crippen LogP contribution in [0.5, 0.6) is 0 Å². The molecular weight excluding hydrogens is 500 g/mol. The monoisotopic (exact) mass is 536 g/mol. The molecule has 206 valence electrons. The molecule has 0 heterocycles. The molecule has 0 N–H and O–H groups in total. The van der Waals surface area contributed by atoms with Crippen LogP contribution in [0.25, 0.3) is 0 Å². The van der Waals surface area contributed by atoms with Gasteiger partial charge in [-0.25, -0.2) is 0 Å². The van der Waals surface area contributed by atoms with E-state index in [2.05, 4.69) is 6.58 Å². The second-order valence-electron chi connectivity index (χ2n) is 9.42. The summed E-state index contributed by atoms with van der Waals surface area (Å²) in [5, 5.41) is 0. The number of rotatable bonds is 17. The molecule has 0 aliphatic rings. The van der Waals surface area contributed by atoms with E-state index in [0.29, 0.717) is 13.2 Å². The predicted octanol–water partition coefficient (Wildman–Crippen LogP) is 6.71. The molecule has 0 aromatic heterocycles. The fraction of sp³-hybridized carbons (Fsp3) is 0.229. The van der Waals surface area contributed by atoms with E-state index in [9.17, 15) is 4.79 Å². The minimum Gasteiger partial charge on any atom is -0.368 e. The average Bonchev–Trinajstić information content (AvgIpc) is 3.02. The number of ether oxygens (including phenoxy) is 4. The molecule has 0 amide bonds. The molecule has 0 aliphatic carbocycles. The SMILES string of the molecule is C=C[C@@H](OCc1ccccc1)[C@H](OCc1ccccc1)[C@@H](OCc1ccccc1)[C@H](C=O)OCc1ccccc1. The largest absolute Gasteiger partial charge is 0.368 e. The van der Waals surface area contributed by atoms with E-state index in [1.165, 1.54) is 0 Å². The fourth-order valence-electron chi connectivity index (χ4n) is 4.33. The van der Waals surface area contributed by atoms with Gasteiger partial charge in [-0.05, 0) is 22.3 Å². The summed E-state index contributed by atoms with van der Waals surface area (Å²) in [5.74, 6) is 0. The van der Waals surface area contributed by atoms with E-state index < -0.39 is 24.4 Å². The predicted molar refractivity (Wildman–Crippen MR) is 156 cm³/mol. The number of hydrogen-bond acceptors (Lipinski definition) is 5. The van der Waals surface area contributed by atoms with Crippen LogP contribution in [0.4, 0.5) is 0 Å². The van der Waals surface area contributed by atoms with Crippen LogP contribution in [0, 0.1) is 0 Å². The van der Waals surface area contributed by atoms with Gasteiger partial charge in [0.15, 0.2) is 6.29 Å². The van der Waals surface area contributed by atoms with Gasteiger partial charge in [0.2, 0.25) is 0 Å². The summed E-state index contributed by atoms with van der Waals surface area (Å²) in [6.07, 6.45) is -0.453. The first-order chi connectivity index (χ1) is 19.8. The summed E-state index contributed by atoms with van der Waals surface area (Å²) in [5.41, 5.74) is 3.94. The number of aldehydes is 1. The van der Waals surface area contributed by atoms with E-state index in [0.717, 1.165) is 28.5 Å². The highest BCUT2D eigenvalue weighted by Gasteiger charge is 2.37. The summed E-state index contributed by atoms with van der Waals surface area (Å²) in [4.78, 5) is 12.5. The Labute approximate surface area is 237 Å². The maximum atomic E-state index is 12.5. The summed E-state index contributed by atoms with van der Waals surface area (Å²) < 4.78 is 25.4. The molecule has 0 aliphatic heterocycles. The number of hydrogen-bond donors (Lipinski definition) is 0. The Hall–Kier alpha value is -3.87. The van der Waals surface area contributed by atoms with Crippen molar-refractivity contribution in [1.29, 1.82) is 0 Å². The summed E-state index contributed by atoms with van der Waals surface area (Å²) in [6, 6.07) is 39.3. The van der Waals surface area contributed by atoms with Gasteiger partial charge < -0.3 is 23.7 Å². The van der Waals surface area contributed by atoms with Gasteiger partial charge in [0.25, 0.3) is 0 Å². The molecule has 5 nitrogen and oxygen atoms in total. The smallest absolute Gasteiger partial charge is 0.151 e. The van der Waals surface area contributed by atoms with Crippen molar-refractivity contribution in [2.24, 2.45) is 0 Å². The second-order valence-corrected chi connectivity index (χ2v) is 9.42. The van der Waals surface area contributed by atoms with Crippen LogP contribution in [0.3, 0.4) is 0 Å². The Morgan fingerprint density at radius 2 is 0.775 bits per heavy atom. The maximum absolute atomic E-state index is 12.5. The minimum absolute atomic E-state index is 0.254. The van der Waals surface area contributed by atoms with Gasteiger partial charge in [-0.15, -0.1) is 6.58 Å². The maximum Gasteiger partial charge on any atom is 0.151 e. The minimum atomic E-state index is -0.910. The number of carbonyl (C=O) groups is 1. The van der Waals surface area contributed by atoms with E-state index in [4.69, 9.17) is 18.9 Å². The molecule has 0 spiro atoms. The zero-order valence-corrected chi connectivity index (χ0v) is 22.6. The molecule has 0 saturated carbocycles. The Morgan fingerprint density at radius 1 is 0.475 bits per heavy atom. The molecule has 40 heavy (non-hydrogen) atoms. The third-order valence-electron chi connectivity index (χ3n) is 6.48. The number of carbonyl (C=O) groups excluding carboxylic acids is 1. The zero-order valence-electron chi connectivity index (χ0n) is 22.6. The Bertz CT molecular complexity index is 1150. The average molecular weight is 537 g/mol. The third kappa shape index (κ3) is 9.11. The van der Waals surface area contributed by atoms with Gasteiger partial charge in [-0.2, -0.15) is 0 Å². The van der Waals surface area contributed by atoms with Gasteiger partial charge >= 0.3 is 0 Å². The van der Waals surface area contributed by atoms with Crippen molar-refractivity contribution < 1.29 is 23.7 Å². The lowest BCUT2D eigenvalue weighted by molar-refractivity contribution is -0.180. The summed E-state index contributed by atoms with van der Waals surface area (Å²) >= 11 is 0. The van der Waals surface area contributed by atoms with Crippen molar-refractivity contribution in [1.82, 2.24) is 0 Å². The molecule has 0 saturated heterocycles. The van der Waals surface area contributed by atoms with E-state index in [1.54, 1.807) is 6.08 Å². The molecular formula is C35H36O5. The highest BCUT2D eigenvalue weighted by Crippen LogP contribution is 2.23. The van der Waals surface area contributed by atoms with Crippen molar-refractivity contribution >= 4 is 6.29 Å². The van der Waals surface area contributed by atoms with Gasteiger partial charge in [-0.1, -0.05) is 127 Å². The molecule has 4 rings (SSSR count). The Balaban J connectivity index is 1.60. The topological polar surface area (TPSA) is 54.0 Å². The van der Waals surface area contributed by atoms with Crippen molar-refractivity contribution in [3.8, 4) is 0 Å². The van der Waals surface area contributed by atoms with Crippen molar-refractivity contribution in [3.05, 3.63) is 156 Å². The molecule has 0 unspecified atom stereocenters. The van der Waals surface area contributed by atoms with Crippen LogP contribution in [0.2, 0.25) is 0 Å². The van der Waals surface area contributed by atoms with Crippen LogP contribution in [-0.2, 0) is 50.2 Å². The quantitative estimate of drug-likeness (QED) is 0.111. The molecule has 4 aromatic rings. The van der Waals surface area contributed by atoms with Crippen molar-refractivity contribution in [2.75, 3.05) is 0 Å². The molecule has 4 aromatic carbocycles. The lowest BCUT2D eigenvalue weighted by Crippen LogP contribution is -2.49. The lowest BCUT2D eigenvalue weighted by Gasteiger charge is -2.35. The first-order valence-corrected chi connectivity index (χ1v) is 13.5.